The molecule has 2 amide bonds. The van der Waals surface area contributed by atoms with Gasteiger partial charge in [-0.25, -0.2) is 4.39 Å². The van der Waals surface area contributed by atoms with E-state index < -0.39 is 5.91 Å². The Morgan fingerprint density at radius 1 is 1.21 bits per heavy atom. The molecule has 0 unspecified atom stereocenters. The van der Waals surface area contributed by atoms with E-state index in [2.05, 4.69) is 0 Å². The monoisotopic (exact) mass is 328 g/mol. The Balaban J connectivity index is 1.86. The van der Waals surface area contributed by atoms with Gasteiger partial charge in [0.15, 0.2) is 6.61 Å². The SMILES string of the molecule is NC(=O)COc1cccc(C(=O)N2CCCc3ccc(F)cc32)c1. The van der Waals surface area contributed by atoms with Gasteiger partial charge in [0.05, 0.1) is 5.69 Å². The smallest absolute Gasteiger partial charge is 0.258 e. The van der Waals surface area contributed by atoms with Gasteiger partial charge in [0.2, 0.25) is 0 Å². The lowest BCUT2D eigenvalue weighted by Gasteiger charge is -2.29. The fourth-order valence-corrected chi connectivity index (χ4v) is 2.79. The minimum atomic E-state index is -0.591. The molecule has 0 aromatic heterocycles. The molecule has 0 bridgehead atoms. The van der Waals surface area contributed by atoms with Crippen molar-refractivity contribution in [1.29, 1.82) is 0 Å². The van der Waals surface area contributed by atoms with Gasteiger partial charge < -0.3 is 15.4 Å². The number of ether oxygens (including phenoxy) is 1. The minimum absolute atomic E-state index is 0.230. The van der Waals surface area contributed by atoms with Crippen LogP contribution in [-0.2, 0) is 11.2 Å². The normalized spacial score (nSPS) is 13.3. The molecule has 2 N–H and O–H groups in total. The van der Waals surface area contributed by atoms with E-state index in [-0.39, 0.29) is 18.3 Å². The highest BCUT2D eigenvalue weighted by molar-refractivity contribution is 6.07. The maximum atomic E-state index is 13.6. The Bertz CT molecular complexity index is 792. The topological polar surface area (TPSA) is 72.6 Å². The molecule has 0 spiro atoms. The first kappa shape index (κ1) is 16.0. The summed E-state index contributed by atoms with van der Waals surface area (Å²) in [4.78, 5) is 25.2. The summed E-state index contributed by atoms with van der Waals surface area (Å²) in [5.41, 5.74) is 7.02. The van der Waals surface area contributed by atoms with Gasteiger partial charge in [0, 0.05) is 12.1 Å². The molecule has 124 valence electrons. The molecule has 24 heavy (non-hydrogen) atoms. The third-order valence-electron chi connectivity index (χ3n) is 3.87. The number of fused-ring (bicyclic) bond motifs is 1. The van der Waals surface area contributed by atoms with Gasteiger partial charge in [-0.15, -0.1) is 0 Å². The van der Waals surface area contributed by atoms with E-state index in [1.54, 1.807) is 35.2 Å². The Kier molecular flexibility index (Phi) is 4.46. The molecule has 0 saturated heterocycles. The van der Waals surface area contributed by atoms with Crippen LogP contribution in [-0.4, -0.2) is 25.0 Å². The van der Waals surface area contributed by atoms with Crippen LogP contribution < -0.4 is 15.4 Å². The molecule has 3 rings (SSSR count). The number of benzene rings is 2. The molecule has 6 heteroatoms. The third kappa shape index (κ3) is 3.37. The molecule has 0 fully saturated rings. The number of hydrogen-bond donors (Lipinski definition) is 1. The van der Waals surface area contributed by atoms with Gasteiger partial charge in [-0.2, -0.15) is 0 Å². The Morgan fingerprint density at radius 2 is 2.04 bits per heavy atom. The number of anilines is 1. The largest absolute Gasteiger partial charge is 0.484 e. The average Bonchev–Trinajstić information content (AvgIpc) is 2.59. The van der Waals surface area contributed by atoms with Crippen LogP contribution in [0, 0.1) is 5.82 Å². The molecule has 2 aromatic rings. The summed E-state index contributed by atoms with van der Waals surface area (Å²) < 4.78 is 18.8. The second-order valence-corrected chi connectivity index (χ2v) is 5.62. The van der Waals surface area contributed by atoms with Crippen LogP contribution in [0.1, 0.15) is 22.3 Å². The molecule has 0 aliphatic carbocycles. The zero-order valence-corrected chi connectivity index (χ0v) is 13.0. The van der Waals surface area contributed by atoms with Gasteiger partial charge >= 0.3 is 0 Å². The van der Waals surface area contributed by atoms with Crippen molar-refractivity contribution in [2.24, 2.45) is 5.73 Å². The second kappa shape index (κ2) is 6.70. The predicted octanol–water partition coefficient (Wildman–Crippen LogP) is 2.28. The van der Waals surface area contributed by atoms with Crippen LogP contribution in [0.25, 0.3) is 0 Å². The number of hydrogen-bond acceptors (Lipinski definition) is 3. The predicted molar refractivity (Wildman–Crippen MR) is 87.5 cm³/mol. The molecular formula is C18H17FN2O3. The number of amides is 2. The van der Waals surface area contributed by atoms with E-state index in [9.17, 15) is 14.0 Å². The van der Waals surface area contributed by atoms with Gasteiger partial charge in [-0.3, -0.25) is 9.59 Å². The lowest BCUT2D eigenvalue weighted by Crippen LogP contribution is -2.35. The number of aryl methyl sites for hydroxylation is 1. The van der Waals surface area contributed by atoms with E-state index >= 15 is 0 Å². The maximum Gasteiger partial charge on any atom is 0.258 e. The number of nitrogens with zero attached hydrogens (tertiary/aromatic N) is 1. The Hall–Kier alpha value is -2.89. The highest BCUT2D eigenvalue weighted by Crippen LogP contribution is 2.29. The van der Waals surface area contributed by atoms with Gasteiger partial charge in [-0.1, -0.05) is 12.1 Å². The minimum Gasteiger partial charge on any atom is -0.484 e. The highest BCUT2D eigenvalue weighted by Gasteiger charge is 2.24. The number of halogens is 1. The summed E-state index contributed by atoms with van der Waals surface area (Å²) >= 11 is 0. The number of rotatable bonds is 4. The van der Waals surface area contributed by atoms with Gasteiger partial charge in [0.25, 0.3) is 11.8 Å². The number of carbonyl (C=O) groups is 2. The van der Waals surface area contributed by atoms with Gasteiger partial charge in [-0.05, 0) is 48.7 Å². The third-order valence-corrected chi connectivity index (χ3v) is 3.87. The van der Waals surface area contributed by atoms with E-state index in [0.717, 1.165) is 18.4 Å². The first-order valence-corrected chi connectivity index (χ1v) is 7.66. The van der Waals surface area contributed by atoms with Crippen molar-refractivity contribution < 1.29 is 18.7 Å². The van der Waals surface area contributed by atoms with Crippen LogP contribution in [0.4, 0.5) is 10.1 Å². The summed E-state index contributed by atoms with van der Waals surface area (Å²) in [7, 11) is 0. The Morgan fingerprint density at radius 3 is 2.83 bits per heavy atom. The van der Waals surface area contributed by atoms with Crippen LogP contribution in [0.5, 0.6) is 5.75 Å². The standard InChI is InChI=1S/C18H17FN2O3/c19-14-7-6-12-4-2-8-21(16(12)10-14)18(23)13-3-1-5-15(9-13)24-11-17(20)22/h1,3,5-7,9-10H,2,4,8,11H2,(H2,20,22). The molecular weight excluding hydrogens is 311 g/mol. The van der Waals surface area contributed by atoms with E-state index in [0.29, 0.717) is 23.5 Å². The molecule has 1 aliphatic heterocycles. The summed E-state index contributed by atoms with van der Waals surface area (Å²) in [5, 5.41) is 0. The van der Waals surface area contributed by atoms with Crippen LogP contribution in [0.3, 0.4) is 0 Å². The van der Waals surface area contributed by atoms with Crippen molar-refractivity contribution in [3.05, 3.63) is 59.4 Å². The maximum absolute atomic E-state index is 13.6. The second-order valence-electron chi connectivity index (χ2n) is 5.62. The number of carbonyl (C=O) groups excluding carboxylic acids is 2. The van der Waals surface area contributed by atoms with Crippen molar-refractivity contribution in [3.8, 4) is 5.75 Å². The summed E-state index contributed by atoms with van der Waals surface area (Å²) in [5.74, 6) is -0.804. The first-order chi connectivity index (χ1) is 11.5. The summed E-state index contributed by atoms with van der Waals surface area (Å²) in [6, 6.07) is 11.0. The van der Waals surface area contributed by atoms with E-state index in [1.165, 1.54) is 12.1 Å². The zero-order valence-electron chi connectivity index (χ0n) is 13.0. The molecule has 0 saturated carbocycles. The molecule has 5 nitrogen and oxygen atoms in total. The average molecular weight is 328 g/mol. The quantitative estimate of drug-likeness (QED) is 0.936. The van der Waals surface area contributed by atoms with Crippen molar-refractivity contribution in [2.45, 2.75) is 12.8 Å². The number of nitrogens with two attached hydrogens (primary N) is 1. The fourth-order valence-electron chi connectivity index (χ4n) is 2.79. The summed E-state index contributed by atoms with van der Waals surface area (Å²) in [6.07, 6.45) is 1.64. The van der Waals surface area contributed by atoms with Crippen molar-refractivity contribution in [1.82, 2.24) is 0 Å². The van der Waals surface area contributed by atoms with E-state index in [1.807, 2.05) is 0 Å². The van der Waals surface area contributed by atoms with Crippen molar-refractivity contribution >= 4 is 17.5 Å². The molecule has 0 radical (unpaired) electrons. The number of primary amides is 1. The zero-order chi connectivity index (χ0) is 17.1. The van der Waals surface area contributed by atoms with Crippen molar-refractivity contribution in [3.63, 3.8) is 0 Å². The molecule has 0 atom stereocenters. The highest BCUT2D eigenvalue weighted by atomic mass is 19.1. The van der Waals surface area contributed by atoms with Crippen LogP contribution in [0.2, 0.25) is 0 Å². The fraction of sp³-hybridized carbons (Fsp3) is 0.222. The van der Waals surface area contributed by atoms with E-state index in [4.69, 9.17) is 10.5 Å². The van der Waals surface area contributed by atoms with Gasteiger partial charge in [0.1, 0.15) is 11.6 Å². The lowest BCUT2D eigenvalue weighted by atomic mass is 10.0. The lowest BCUT2D eigenvalue weighted by molar-refractivity contribution is -0.119. The summed E-state index contributed by atoms with van der Waals surface area (Å²) in [6.45, 7) is 0.275. The Labute approximate surface area is 138 Å². The molecule has 1 aliphatic rings. The van der Waals surface area contributed by atoms with Crippen molar-refractivity contribution in [2.75, 3.05) is 18.1 Å². The first-order valence-electron chi connectivity index (χ1n) is 7.66. The van der Waals surface area contributed by atoms with Crippen LogP contribution in [0.15, 0.2) is 42.5 Å². The molecule has 2 aromatic carbocycles. The van der Waals surface area contributed by atoms with Crippen LogP contribution >= 0.6 is 0 Å². The molecule has 1 heterocycles.